The van der Waals surface area contributed by atoms with Gasteiger partial charge in [0.1, 0.15) is 0 Å². The van der Waals surface area contributed by atoms with Gasteiger partial charge in [0.05, 0.1) is 11.5 Å². The second kappa shape index (κ2) is 6.72. The van der Waals surface area contributed by atoms with Crippen molar-refractivity contribution >= 4 is 15.7 Å². The predicted molar refractivity (Wildman–Crippen MR) is 72.0 cm³/mol. The van der Waals surface area contributed by atoms with Gasteiger partial charge in [-0.3, -0.25) is 0 Å². The summed E-state index contributed by atoms with van der Waals surface area (Å²) in [6.45, 7) is 2.72. The number of nitrogens with two attached hydrogens (primary N) is 1. The van der Waals surface area contributed by atoms with Crippen LogP contribution in [0.4, 0.5) is 5.69 Å². The van der Waals surface area contributed by atoms with E-state index in [0.717, 1.165) is 18.5 Å². The van der Waals surface area contributed by atoms with E-state index in [-0.39, 0.29) is 10.9 Å². The first-order chi connectivity index (χ1) is 8.47. The van der Waals surface area contributed by atoms with Gasteiger partial charge in [0, 0.05) is 18.8 Å². The van der Waals surface area contributed by atoms with Crippen LogP contribution in [0.2, 0.25) is 0 Å². The Bertz CT molecular complexity index is 451. The summed E-state index contributed by atoms with van der Waals surface area (Å²) >= 11 is 0. The molecular weight excluding hydrogens is 252 g/mol. The molecule has 0 aliphatic heterocycles. The van der Waals surface area contributed by atoms with E-state index in [2.05, 4.69) is 12.2 Å². The summed E-state index contributed by atoms with van der Waals surface area (Å²) in [6.07, 6.45) is 2.04. The molecule has 1 unspecified atom stereocenters. The first-order valence-electron chi connectivity index (χ1n) is 5.85. The van der Waals surface area contributed by atoms with Gasteiger partial charge in [0.15, 0.2) is 0 Å². The number of hydrogen-bond acceptors (Lipinski definition) is 4. The number of primary sulfonamides is 1. The first kappa shape index (κ1) is 14.9. The van der Waals surface area contributed by atoms with Gasteiger partial charge < -0.3 is 10.1 Å². The van der Waals surface area contributed by atoms with E-state index < -0.39 is 10.0 Å². The van der Waals surface area contributed by atoms with Gasteiger partial charge in [-0.15, -0.1) is 0 Å². The summed E-state index contributed by atoms with van der Waals surface area (Å²) in [5.74, 6) is 0. The van der Waals surface area contributed by atoms with Crippen molar-refractivity contribution in [1.29, 1.82) is 0 Å². The van der Waals surface area contributed by atoms with Gasteiger partial charge in [-0.2, -0.15) is 0 Å². The minimum absolute atomic E-state index is 0.117. The van der Waals surface area contributed by atoms with E-state index in [1.54, 1.807) is 19.2 Å². The molecule has 3 N–H and O–H groups in total. The van der Waals surface area contributed by atoms with Gasteiger partial charge in [-0.05, 0) is 30.7 Å². The lowest BCUT2D eigenvalue weighted by atomic mass is 10.1. The Morgan fingerprint density at radius 3 is 2.39 bits per heavy atom. The average Bonchev–Trinajstić information content (AvgIpc) is 2.29. The van der Waals surface area contributed by atoms with Crippen LogP contribution in [0.25, 0.3) is 0 Å². The third-order valence-corrected chi connectivity index (χ3v) is 3.49. The highest BCUT2D eigenvalue weighted by Crippen LogP contribution is 2.15. The normalized spacial score (nSPS) is 13.3. The quantitative estimate of drug-likeness (QED) is 0.789. The number of nitrogens with one attached hydrogen (secondary N) is 1. The number of benzene rings is 1. The van der Waals surface area contributed by atoms with Crippen LogP contribution in [0.1, 0.15) is 19.8 Å². The van der Waals surface area contributed by atoms with E-state index in [9.17, 15) is 8.42 Å². The molecule has 0 saturated carbocycles. The highest BCUT2D eigenvalue weighted by atomic mass is 32.2. The summed E-state index contributed by atoms with van der Waals surface area (Å²) in [6, 6.07) is 6.62. The molecule has 0 amide bonds. The molecule has 5 nitrogen and oxygen atoms in total. The lowest BCUT2D eigenvalue weighted by Crippen LogP contribution is -2.24. The number of rotatable bonds is 7. The van der Waals surface area contributed by atoms with Crippen LogP contribution in [0.3, 0.4) is 0 Å². The Hall–Kier alpha value is -1.11. The molecule has 0 aliphatic carbocycles. The molecule has 1 aromatic rings. The van der Waals surface area contributed by atoms with Gasteiger partial charge in [0.25, 0.3) is 0 Å². The van der Waals surface area contributed by atoms with E-state index >= 15 is 0 Å². The van der Waals surface area contributed by atoms with Gasteiger partial charge in [-0.25, -0.2) is 13.6 Å². The molecule has 1 aromatic carbocycles. The van der Waals surface area contributed by atoms with Crippen molar-refractivity contribution < 1.29 is 13.2 Å². The number of hydrogen-bond donors (Lipinski definition) is 2. The van der Waals surface area contributed by atoms with Gasteiger partial charge in [0.2, 0.25) is 10.0 Å². The molecule has 0 spiro atoms. The van der Waals surface area contributed by atoms with Crippen molar-refractivity contribution in [2.45, 2.75) is 30.7 Å². The zero-order chi connectivity index (χ0) is 13.6. The molecule has 102 valence electrons. The minimum atomic E-state index is -3.62. The van der Waals surface area contributed by atoms with E-state index in [0.29, 0.717) is 6.61 Å². The smallest absolute Gasteiger partial charge is 0.238 e. The topological polar surface area (TPSA) is 81.4 Å². The fraction of sp³-hybridized carbons (Fsp3) is 0.500. The number of anilines is 1. The second-order valence-electron chi connectivity index (χ2n) is 4.15. The van der Waals surface area contributed by atoms with Crippen molar-refractivity contribution in [3.05, 3.63) is 24.3 Å². The zero-order valence-electron chi connectivity index (χ0n) is 10.7. The standard InChI is InChI=1S/C12H20N2O3S/c1-3-4-11(9-17-2)14-10-5-7-12(8-6-10)18(13,15)16/h5-8,11,14H,3-4,9H2,1-2H3,(H2,13,15,16). The molecule has 1 rings (SSSR count). The van der Waals surface area contributed by atoms with Crippen LogP contribution >= 0.6 is 0 Å². The number of sulfonamides is 1. The molecule has 0 fully saturated rings. The summed E-state index contributed by atoms with van der Waals surface area (Å²) in [7, 11) is -1.96. The van der Waals surface area contributed by atoms with Crippen LogP contribution in [0, 0.1) is 0 Å². The molecule has 0 radical (unpaired) electrons. The van der Waals surface area contributed by atoms with E-state index in [1.165, 1.54) is 12.1 Å². The Labute approximate surface area is 108 Å². The maximum absolute atomic E-state index is 11.1. The number of methoxy groups -OCH3 is 1. The summed E-state index contributed by atoms with van der Waals surface area (Å²) in [5, 5.41) is 8.33. The molecule has 0 bridgehead atoms. The lowest BCUT2D eigenvalue weighted by molar-refractivity contribution is 0.182. The highest BCUT2D eigenvalue weighted by Gasteiger charge is 2.09. The largest absolute Gasteiger partial charge is 0.383 e. The maximum Gasteiger partial charge on any atom is 0.238 e. The van der Waals surface area contributed by atoms with Crippen molar-refractivity contribution in [2.24, 2.45) is 5.14 Å². The summed E-state index contributed by atoms with van der Waals surface area (Å²) in [5.41, 5.74) is 0.859. The summed E-state index contributed by atoms with van der Waals surface area (Å²) < 4.78 is 27.3. The fourth-order valence-corrected chi connectivity index (χ4v) is 2.24. The van der Waals surface area contributed by atoms with Crippen LogP contribution < -0.4 is 10.5 Å². The van der Waals surface area contributed by atoms with Crippen molar-refractivity contribution in [1.82, 2.24) is 0 Å². The molecular formula is C12H20N2O3S. The lowest BCUT2D eigenvalue weighted by Gasteiger charge is -2.18. The van der Waals surface area contributed by atoms with Gasteiger partial charge in [-0.1, -0.05) is 13.3 Å². The third kappa shape index (κ3) is 4.64. The van der Waals surface area contributed by atoms with Gasteiger partial charge >= 0.3 is 0 Å². The van der Waals surface area contributed by atoms with Crippen molar-refractivity contribution in [2.75, 3.05) is 19.0 Å². The predicted octanol–water partition coefficient (Wildman–Crippen LogP) is 1.56. The SMILES string of the molecule is CCCC(COC)Nc1ccc(S(N)(=O)=O)cc1. The number of ether oxygens (including phenoxy) is 1. The van der Waals surface area contributed by atoms with Crippen molar-refractivity contribution in [3.8, 4) is 0 Å². The molecule has 0 aromatic heterocycles. The Kier molecular flexibility index (Phi) is 5.58. The van der Waals surface area contributed by atoms with E-state index in [4.69, 9.17) is 9.88 Å². The molecule has 0 heterocycles. The maximum atomic E-state index is 11.1. The molecule has 0 aliphatic rings. The molecule has 0 saturated heterocycles. The third-order valence-electron chi connectivity index (χ3n) is 2.56. The fourth-order valence-electron chi connectivity index (χ4n) is 1.72. The van der Waals surface area contributed by atoms with Crippen LogP contribution in [0.5, 0.6) is 0 Å². The summed E-state index contributed by atoms with van der Waals surface area (Å²) in [4.78, 5) is 0.117. The second-order valence-corrected chi connectivity index (χ2v) is 5.72. The molecule has 18 heavy (non-hydrogen) atoms. The molecule has 1 atom stereocenters. The highest BCUT2D eigenvalue weighted by molar-refractivity contribution is 7.89. The van der Waals surface area contributed by atoms with Crippen LogP contribution in [-0.2, 0) is 14.8 Å². The minimum Gasteiger partial charge on any atom is -0.383 e. The first-order valence-corrected chi connectivity index (χ1v) is 7.40. The Balaban J connectivity index is 2.73. The van der Waals surface area contributed by atoms with Crippen LogP contribution in [0.15, 0.2) is 29.2 Å². The van der Waals surface area contributed by atoms with Crippen LogP contribution in [-0.4, -0.2) is 28.2 Å². The zero-order valence-corrected chi connectivity index (χ0v) is 11.5. The monoisotopic (exact) mass is 272 g/mol. The Morgan fingerprint density at radius 1 is 1.33 bits per heavy atom. The van der Waals surface area contributed by atoms with E-state index in [1.807, 2.05) is 0 Å². The molecule has 6 heteroatoms. The Morgan fingerprint density at radius 2 is 1.94 bits per heavy atom. The van der Waals surface area contributed by atoms with Crippen molar-refractivity contribution in [3.63, 3.8) is 0 Å². The average molecular weight is 272 g/mol.